The Hall–Kier alpha value is -2.34. The molecule has 2 aromatic rings. The van der Waals surface area contributed by atoms with Gasteiger partial charge in [0.1, 0.15) is 5.82 Å². The molecule has 1 aliphatic rings. The van der Waals surface area contributed by atoms with E-state index in [1.54, 1.807) is 12.1 Å². The summed E-state index contributed by atoms with van der Waals surface area (Å²) in [5, 5.41) is 5.93. The Labute approximate surface area is 132 Å². The van der Waals surface area contributed by atoms with E-state index >= 15 is 0 Å². The molecule has 2 N–H and O–H groups in total. The number of amides is 1. The molecule has 0 aliphatic carbocycles. The predicted octanol–water partition coefficient (Wildman–Crippen LogP) is 3.08. The maximum Gasteiger partial charge on any atom is 0.277 e. The van der Waals surface area contributed by atoms with Crippen LogP contribution in [-0.2, 0) is 0 Å². The molecule has 3 rings (SSSR count). The lowest BCUT2D eigenvalue weighted by atomic mass is 9.92. The maximum atomic E-state index is 13.5. The van der Waals surface area contributed by atoms with E-state index in [2.05, 4.69) is 15.6 Å². The number of anilines is 1. The van der Waals surface area contributed by atoms with Crippen LogP contribution < -0.4 is 10.6 Å². The highest BCUT2D eigenvalue weighted by Gasteiger charge is 2.16. The zero-order chi connectivity index (χ0) is 16.2. The van der Waals surface area contributed by atoms with Crippen LogP contribution in [0.2, 0.25) is 0 Å². The highest BCUT2D eigenvalue weighted by Crippen LogP contribution is 2.24. The Morgan fingerprint density at radius 2 is 2.04 bits per heavy atom. The average molecular weight is 317 g/mol. The van der Waals surface area contributed by atoms with Crippen molar-refractivity contribution in [1.29, 1.82) is 0 Å². The third kappa shape index (κ3) is 3.71. The number of piperidine rings is 1. The monoisotopic (exact) mass is 317 g/mol. The number of hydrogen-bond donors (Lipinski definition) is 2. The van der Waals surface area contributed by atoms with Crippen molar-refractivity contribution in [1.82, 2.24) is 10.3 Å². The van der Waals surface area contributed by atoms with Gasteiger partial charge in [-0.15, -0.1) is 0 Å². The number of carbonyl (C=O) groups excluding carboxylic acids is 1. The second kappa shape index (κ2) is 6.83. The van der Waals surface area contributed by atoms with Crippen molar-refractivity contribution in [2.45, 2.75) is 18.8 Å². The first kappa shape index (κ1) is 15.6. The molecule has 120 valence electrons. The molecule has 1 fully saturated rings. The minimum Gasteiger partial charge on any atom is -0.321 e. The van der Waals surface area contributed by atoms with E-state index in [1.165, 1.54) is 5.56 Å². The minimum absolute atomic E-state index is 0.424. The van der Waals surface area contributed by atoms with Crippen LogP contribution in [0.3, 0.4) is 0 Å². The molecule has 0 radical (unpaired) electrons. The topological polar surface area (TPSA) is 54.0 Å². The Kier molecular flexibility index (Phi) is 4.62. The first-order chi connectivity index (χ1) is 11.1. The van der Waals surface area contributed by atoms with Gasteiger partial charge in [0.2, 0.25) is 0 Å². The van der Waals surface area contributed by atoms with E-state index in [-0.39, 0.29) is 0 Å². The molecule has 0 saturated carbocycles. The van der Waals surface area contributed by atoms with Crippen molar-refractivity contribution in [3.63, 3.8) is 0 Å². The number of rotatable bonds is 3. The van der Waals surface area contributed by atoms with Gasteiger partial charge in [0.15, 0.2) is 11.5 Å². The smallest absolute Gasteiger partial charge is 0.277 e. The highest BCUT2D eigenvalue weighted by molar-refractivity contribution is 6.03. The summed E-state index contributed by atoms with van der Waals surface area (Å²) < 4.78 is 26.4. The fourth-order valence-electron chi connectivity index (χ4n) is 2.75. The predicted molar refractivity (Wildman–Crippen MR) is 83.4 cm³/mol. The van der Waals surface area contributed by atoms with Gasteiger partial charge in [-0.2, -0.15) is 0 Å². The summed E-state index contributed by atoms with van der Waals surface area (Å²) in [6.07, 6.45) is 3.11. The molecule has 0 unspecified atom stereocenters. The summed E-state index contributed by atoms with van der Waals surface area (Å²) >= 11 is 0. The Bertz CT molecular complexity index is 697. The van der Waals surface area contributed by atoms with Crippen molar-refractivity contribution in [2.24, 2.45) is 0 Å². The van der Waals surface area contributed by atoms with E-state index in [0.717, 1.165) is 32.1 Å². The molecule has 0 spiro atoms. The van der Waals surface area contributed by atoms with Crippen molar-refractivity contribution in [3.8, 4) is 0 Å². The second-order valence-corrected chi connectivity index (χ2v) is 5.60. The Morgan fingerprint density at radius 3 is 2.70 bits per heavy atom. The van der Waals surface area contributed by atoms with Crippen LogP contribution in [0.5, 0.6) is 0 Å². The lowest BCUT2D eigenvalue weighted by molar-refractivity contribution is 0.101. The number of benzene rings is 1. The summed E-state index contributed by atoms with van der Waals surface area (Å²) in [7, 11) is 0. The lowest BCUT2D eigenvalue weighted by Gasteiger charge is -2.23. The van der Waals surface area contributed by atoms with Crippen molar-refractivity contribution in [2.75, 3.05) is 18.4 Å². The third-order valence-electron chi connectivity index (χ3n) is 3.96. The van der Waals surface area contributed by atoms with Gasteiger partial charge in [-0.1, -0.05) is 12.1 Å². The number of hydrogen-bond acceptors (Lipinski definition) is 3. The number of halogens is 2. The van der Waals surface area contributed by atoms with Gasteiger partial charge in [0.25, 0.3) is 5.91 Å². The molecule has 1 aromatic carbocycles. The summed E-state index contributed by atoms with van der Waals surface area (Å²) in [5.74, 6) is -2.02. The summed E-state index contributed by atoms with van der Waals surface area (Å²) in [6.45, 7) is 2.01. The van der Waals surface area contributed by atoms with Crippen LogP contribution >= 0.6 is 0 Å². The van der Waals surface area contributed by atoms with Crippen LogP contribution in [0.4, 0.5) is 14.5 Å². The number of aromatic nitrogens is 1. The largest absolute Gasteiger partial charge is 0.321 e. The normalized spacial score (nSPS) is 17.7. The third-order valence-corrected chi connectivity index (χ3v) is 3.96. The van der Waals surface area contributed by atoms with Gasteiger partial charge in [0.05, 0.1) is 6.20 Å². The molecule has 6 heteroatoms. The van der Waals surface area contributed by atoms with Gasteiger partial charge >= 0.3 is 0 Å². The fraction of sp³-hybridized carbons (Fsp3) is 0.294. The van der Waals surface area contributed by atoms with Gasteiger partial charge in [-0.25, -0.2) is 13.8 Å². The van der Waals surface area contributed by atoms with Gasteiger partial charge in [0, 0.05) is 18.3 Å². The van der Waals surface area contributed by atoms with E-state index in [0.29, 0.717) is 17.7 Å². The zero-order valence-electron chi connectivity index (χ0n) is 12.5. The maximum absolute atomic E-state index is 13.5. The summed E-state index contributed by atoms with van der Waals surface area (Å²) in [5.41, 5.74) is 1.33. The zero-order valence-corrected chi connectivity index (χ0v) is 12.5. The molecule has 2 heterocycles. The Morgan fingerprint density at radius 1 is 1.26 bits per heavy atom. The summed E-state index contributed by atoms with van der Waals surface area (Å²) in [6, 6.07) is 8.12. The average Bonchev–Trinajstić information content (AvgIpc) is 2.56. The molecule has 4 nitrogen and oxygen atoms in total. The number of nitrogens with one attached hydrogen (secondary N) is 2. The number of pyridine rings is 1. The van der Waals surface area contributed by atoms with Crippen molar-refractivity contribution in [3.05, 3.63) is 59.4 Å². The lowest BCUT2D eigenvalue weighted by Crippen LogP contribution is -2.28. The molecule has 0 bridgehead atoms. The van der Waals surface area contributed by atoms with Gasteiger partial charge in [-0.3, -0.25) is 4.79 Å². The highest BCUT2D eigenvalue weighted by atomic mass is 19.1. The minimum atomic E-state index is -0.979. The van der Waals surface area contributed by atoms with Crippen molar-refractivity contribution >= 4 is 11.6 Å². The SMILES string of the molecule is O=C(Nc1ccc([C@H]2CCCNC2)cc1)c1ncc(F)cc1F. The number of carbonyl (C=O) groups is 1. The fourth-order valence-corrected chi connectivity index (χ4v) is 2.75. The molecule has 1 aliphatic heterocycles. The van der Waals surface area contributed by atoms with Crippen molar-refractivity contribution < 1.29 is 13.6 Å². The second-order valence-electron chi connectivity index (χ2n) is 5.60. The summed E-state index contributed by atoms with van der Waals surface area (Å²) in [4.78, 5) is 15.5. The molecule has 1 atom stereocenters. The van der Waals surface area contributed by atoms with Gasteiger partial charge in [-0.05, 0) is 43.0 Å². The Balaban J connectivity index is 1.69. The molecule has 23 heavy (non-hydrogen) atoms. The van der Waals surface area contributed by atoms with E-state index < -0.39 is 23.2 Å². The molecular weight excluding hydrogens is 300 g/mol. The molecule has 1 aromatic heterocycles. The molecule has 1 saturated heterocycles. The van der Waals surface area contributed by atoms with Crippen LogP contribution in [0.15, 0.2) is 36.5 Å². The quantitative estimate of drug-likeness (QED) is 0.915. The van der Waals surface area contributed by atoms with Crippen LogP contribution in [0.25, 0.3) is 0 Å². The van der Waals surface area contributed by atoms with Gasteiger partial charge < -0.3 is 10.6 Å². The standard InChI is InChI=1S/C17H17F2N3O/c18-13-8-15(19)16(21-10-13)17(23)22-14-5-3-11(4-6-14)12-2-1-7-20-9-12/h3-6,8,10,12,20H,1-2,7,9H2,(H,22,23)/t12-/m0/s1. The molecule has 1 amide bonds. The van der Waals surface area contributed by atoms with E-state index in [1.807, 2.05) is 12.1 Å². The number of nitrogens with zero attached hydrogens (tertiary/aromatic N) is 1. The van der Waals surface area contributed by atoms with Crippen LogP contribution in [0, 0.1) is 11.6 Å². The van der Waals surface area contributed by atoms with E-state index in [9.17, 15) is 13.6 Å². The van der Waals surface area contributed by atoms with E-state index in [4.69, 9.17) is 0 Å². The molecular formula is C17H17F2N3O. The first-order valence-corrected chi connectivity index (χ1v) is 7.56. The van der Waals surface area contributed by atoms with Crippen LogP contribution in [0.1, 0.15) is 34.8 Å². The van der Waals surface area contributed by atoms with Crippen LogP contribution in [-0.4, -0.2) is 24.0 Å². The first-order valence-electron chi connectivity index (χ1n) is 7.56.